The molecule has 0 bridgehead atoms. The Morgan fingerprint density at radius 2 is 1.96 bits per heavy atom. The van der Waals surface area contributed by atoms with Gasteiger partial charge in [-0.1, -0.05) is 18.2 Å². The van der Waals surface area contributed by atoms with Crippen molar-refractivity contribution in [3.63, 3.8) is 0 Å². The lowest BCUT2D eigenvalue weighted by molar-refractivity contribution is -0.142. The first-order valence-corrected chi connectivity index (χ1v) is 8.66. The summed E-state index contributed by atoms with van der Waals surface area (Å²) in [5, 5.41) is 0. The van der Waals surface area contributed by atoms with Crippen LogP contribution in [-0.2, 0) is 25.5 Å². The molecule has 1 aromatic carbocycles. The van der Waals surface area contributed by atoms with E-state index in [0.717, 1.165) is 12.1 Å². The molecule has 1 fully saturated rings. The third-order valence-corrected chi connectivity index (χ3v) is 5.20. The molecule has 1 aromatic rings. The summed E-state index contributed by atoms with van der Waals surface area (Å²) < 4.78 is 66.4. The van der Waals surface area contributed by atoms with Gasteiger partial charge in [-0.15, -0.1) is 0 Å². The molecule has 0 aliphatic carbocycles. The molecule has 4 nitrogen and oxygen atoms in total. The lowest BCUT2D eigenvalue weighted by Crippen LogP contribution is -2.18. The van der Waals surface area contributed by atoms with Crippen molar-refractivity contribution in [1.29, 1.82) is 0 Å². The number of halogens is 3. The molecular formula is C15H15F3O4S. The summed E-state index contributed by atoms with van der Waals surface area (Å²) in [6.07, 6.45) is -4.11. The van der Waals surface area contributed by atoms with Gasteiger partial charge in [0.05, 0.1) is 17.1 Å². The summed E-state index contributed by atoms with van der Waals surface area (Å²) in [5.41, 5.74) is -0.857. The van der Waals surface area contributed by atoms with E-state index in [1.165, 1.54) is 25.1 Å². The molecule has 0 spiro atoms. The molecule has 0 aromatic heterocycles. The third kappa shape index (κ3) is 4.57. The second-order valence-corrected chi connectivity index (χ2v) is 7.56. The van der Waals surface area contributed by atoms with Gasteiger partial charge in [0.15, 0.2) is 9.84 Å². The highest BCUT2D eigenvalue weighted by molar-refractivity contribution is 7.91. The van der Waals surface area contributed by atoms with Gasteiger partial charge in [-0.3, -0.25) is 0 Å². The molecular weight excluding hydrogens is 333 g/mol. The van der Waals surface area contributed by atoms with Crippen LogP contribution in [0.25, 0.3) is 5.57 Å². The monoisotopic (exact) mass is 348 g/mol. The van der Waals surface area contributed by atoms with E-state index in [0.29, 0.717) is 0 Å². The van der Waals surface area contributed by atoms with Crippen molar-refractivity contribution in [2.24, 2.45) is 0 Å². The fourth-order valence-electron chi connectivity index (χ4n) is 2.38. The summed E-state index contributed by atoms with van der Waals surface area (Å²) in [4.78, 5) is 11.8. The number of benzene rings is 1. The maximum absolute atomic E-state index is 12.9. The molecule has 1 saturated heterocycles. The maximum Gasteiger partial charge on any atom is 0.416 e. The van der Waals surface area contributed by atoms with Crippen molar-refractivity contribution in [3.8, 4) is 0 Å². The molecule has 0 saturated carbocycles. The van der Waals surface area contributed by atoms with Gasteiger partial charge < -0.3 is 4.74 Å². The Balaban J connectivity index is 2.16. The second-order valence-electron chi connectivity index (χ2n) is 5.33. The van der Waals surface area contributed by atoms with Gasteiger partial charge in [-0.2, -0.15) is 13.2 Å². The topological polar surface area (TPSA) is 60.4 Å². The van der Waals surface area contributed by atoms with Gasteiger partial charge in [-0.25, -0.2) is 13.2 Å². The Labute approximate surface area is 131 Å². The van der Waals surface area contributed by atoms with E-state index in [9.17, 15) is 26.4 Å². The molecule has 23 heavy (non-hydrogen) atoms. The predicted octanol–water partition coefficient (Wildman–Crippen LogP) is 2.84. The molecule has 1 atom stereocenters. The highest BCUT2D eigenvalue weighted by atomic mass is 32.2. The van der Waals surface area contributed by atoms with Crippen molar-refractivity contribution >= 4 is 21.4 Å². The normalized spacial score (nSPS) is 21.2. The minimum absolute atomic E-state index is 0.0510. The zero-order valence-corrected chi connectivity index (χ0v) is 13.1. The van der Waals surface area contributed by atoms with Crippen LogP contribution in [0, 0.1) is 0 Å². The number of carbonyl (C=O) groups excluding carboxylic acids is 1. The number of alkyl halides is 3. The first-order chi connectivity index (χ1) is 10.6. The number of esters is 1. The summed E-state index contributed by atoms with van der Waals surface area (Å²) in [6, 6.07) is 4.90. The van der Waals surface area contributed by atoms with Crippen LogP contribution in [-0.4, -0.2) is 32.0 Å². The molecule has 2 rings (SSSR count). The summed E-state index contributed by atoms with van der Waals surface area (Å²) >= 11 is 0. The number of hydrogen-bond donors (Lipinski definition) is 0. The standard InChI is InChI=1S/C15H15F3O4S/c1-10(12-4-2-3-5-13(12)15(16,17)18)8-14(19)22-11-6-7-23(20,21)9-11/h2-5,8,11H,6-7,9H2,1H3/b10-8-. The van der Waals surface area contributed by atoms with E-state index in [4.69, 9.17) is 4.74 Å². The number of sulfone groups is 1. The molecule has 0 amide bonds. The van der Waals surface area contributed by atoms with E-state index in [-0.39, 0.29) is 29.1 Å². The molecule has 126 valence electrons. The first-order valence-electron chi connectivity index (χ1n) is 6.84. The number of allylic oxidation sites excluding steroid dienone is 1. The van der Waals surface area contributed by atoms with Crippen molar-refractivity contribution < 1.29 is 31.1 Å². The molecule has 1 aliphatic heterocycles. The average molecular weight is 348 g/mol. The number of hydrogen-bond acceptors (Lipinski definition) is 4. The van der Waals surface area contributed by atoms with E-state index >= 15 is 0 Å². The van der Waals surface area contributed by atoms with Gasteiger partial charge in [0.2, 0.25) is 0 Å². The second kappa shape index (κ2) is 6.35. The van der Waals surface area contributed by atoms with Crippen LogP contribution >= 0.6 is 0 Å². The first kappa shape index (κ1) is 17.5. The Hall–Kier alpha value is -1.83. The Morgan fingerprint density at radius 1 is 1.30 bits per heavy atom. The van der Waals surface area contributed by atoms with Crippen molar-refractivity contribution in [3.05, 3.63) is 41.5 Å². The van der Waals surface area contributed by atoms with Crippen LogP contribution in [0.3, 0.4) is 0 Å². The predicted molar refractivity (Wildman–Crippen MR) is 78.2 cm³/mol. The Bertz CT molecular complexity index is 735. The van der Waals surface area contributed by atoms with Crippen molar-refractivity contribution in [2.75, 3.05) is 11.5 Å². The smallest absolute Gasteiger partial charge is 0.416 e. The van der Waals surface area contributed by atoms with Gasteiger partial charge >= 0.3 is 12.1 Å². The van der Waals surface area contributed by atoms with Crippen LogP contribution < -0.4 is 0 Å². The van der Waals surface area contributed by atoms with Crippen molar-refractivity contribution in [2.45, 2.75) is 25.6 Å². The zero-order chi connectivity index (χ0) is 17.3. The molecule has 8 heteroatoms. The lowest BCUT2D eigenvalue weighted by atomic mass is 10.0. The van der Waals surface area contributed by atoms with Crippen LogP contribution in [0.2, 0.25) is 0 Å². The van der Waals surface area contributed by atoms with Crippen LogP contribution in [0.15, 0.2) is 30.3 Å². The van der Waals surface area contributed by atoms with Gasteiger partial charge in [0, 0.05) is 6.08 Å². The molecule has 1 heterocycles. The highest BCUT2D eigenvalue weighted by Crippen LogP contribution is 2.34. The van der Waals surface area contributed by atoms with Crippen LogP contribution in [0.1, 0.15) is 24.5 Å². The number of carbonyl (C=O) groups is 1. The quantitative estimate of drug-likeness (QED) is 0.623. The van der Waals surface area contributed by atoms with Crippen LogP contribution in [0.5, 0.6) is 0 Å². The van der Waals surface area contributed by atoms with E-state index in [1.807, 2.05) is 0 Å². The zero-order valence-electron chi connectivity index (χ0n) is 12.3. The van der Waals surface area contributed by atoms with E-state index in [1.54, 1.807) is 0 Å². The van der Waals surface area contributed by atoms with Gasteiger partial charge in [0.25, 0.3) is 0 Å². The average Bonchev–Trinajstić information content (AvgIpc) is 2.76. The molecule has 0 radical (unpaired) electrons. The largest absolute Gasteiger partial charge is 0.458 e. The van der Waals surface area contributed by atoms with Gasteiger partial charge in [0.1, 0.15) is 6.10 Å². The molecule has 1 unspecified atom stereocenters. The number of ether oxygens (including phenoxy) is 1. The minimum atomic E-state index is -4.53. The molecule has 1 aliphatic rings. The SMILES string of the molecule is C/C(=C/C(=O)OC1CCS(=O)(=O)C1)c1ccccc1C(F)(F)F. The summed E-state index contributed by atoms with van der Waals surface area (Å²) in [7, 11) is -3.19. The number of rotatable bonds is 3. The molecule has 0 N–H and O–H groups in total. The van der Waals surface area contributed by atoms with E-state index in [2.05, 4.69) is 0 Å². The minimum Gasteiger partial charge on any atom is -0.458 e. The van der Waals surface area contributed by atoms with Crippen LogP contribution in [0.4, 0.5) is 13.2 Å². The highest BCUT2D eigenvalue weighted by Gasteiger charge is 2.33. The summed E-state index contributed by atoms with van der Waals surface area (Å²) in [5.74, 6) is -1.14. The van der Waals surface area contributed by atoms with Crippen molar-refractivity contribution in [1.82, 2.24) is 0 Å². The Morgan fingerprint density at radius 3 is 2.52 bits per heavy atom. The fraction of sp³-hybridized carbons (Fsp3) is 0.400. The summed E-state index contributed by atoms with van der Waals surface area (Å²) in [6.45, 7) is 1.37. The lowest BCUT2D eigenvalue weighted by Gasteiger charge is -2.13. The Kier molecular flexibility index (Phi) is 4.84. The van der Waals surface area contributed by atoms with E-state index < -0.39 is 33.7 Å². The fourth-order valence-corrected chi connectivity index (χ4v) is 3.97. The third-order valence-electron chi connectivity index (χ3n) is 3.47. The maximum atomic E-state index is 12.9. The van der Waals surface area contributed by atoms with Gasteiger partial charge in [-0.05, 0) is 30.5 Å².